The molecule has 1 aromatic rings. The number of hydrogen-bond acceptors (Lipinski definition) is 2. The highest BCUT2D eigenvalue weighted by Crippen LogP contribution is 2.29. The van der Waals surface area contributed by atoms with Gasteiger partial charge in [0.15, 0.2) is 4.84 Å². The van der Waals surface area contributed by atoms with Crippen molar-refractivity contribution in [2.45, 2.75) is 4.84 Å². The van der Waals surface area contributed by atoms with Gasteiger partial charge in [-0.3, -0.25) is 4.98 Å². The molecule has 1 heterocycles. The molecule has 60 valence electrons. The van der Waals surface area contributed by atoms with Crippen molar-refractivity contribution in [2.75, 3.05) is 7.11 Å². The van der Waals surface area contributed by atoms with Gasteiger partial charge >= 0.3 is 0 Å². The van der Waals surface area contributed by atoms with Crippen LogP contribution in [0, 0.1) is 0 Å². The van der Waals surface area contributed by atoms with Crippen LogP contribution >= 0.6 is 23.2 Å². The molecule has 0 aliphatic rings. The van der Waals surface area contributed by atoms with E-state index in [4.69, 9.17) is 27.9 Å². The van der Waals surface area contributed by atoms with E-state index in [-0.39, 0.29) is 0 Å². The lowest BCUT2D eigenvalue weighted by atomic mass is 10.3. The summed E-state index contributed by atoms with van der Waals surface area (Å²) in [5.74, 6) is 0.613. The number of methoxy groups -OCH3 is 1. The third-order valence-corrected chi connectivity index (χ3v) is 1.64. The molecule has 0 atom stereocenters. The Bertz CT molecular complexity index is 240. The van der Waals surface area contributed by atoms with Crippen LogP contribution in [0.1, 0.15) is 10.5 Å². The zero-order valence-corrected chi connectivity index (χ0v) is 7.43. The van der Waals surface area contributed by atoms with E-state index in [1.807, 2.05) is 0 Å². The van der Waals surface area contributed by atoms with Gasteiger partial charge in [-0.2, -0.15) is 0 Å². The average Bonchev–Trinajstić information content (AvgIpc) is 2.04. The highest BCUT2D eigenvalue weighted by atomic mass is 35.5. The van der Waals surface area contributed by atoms with Crippen LogP contribution < -0.4 is 4.74 Å². The van der Waals surface area contributed by atoms with Crippen molar-refractivity contribution in [3.05, 3.63) is 24.0 Å². The lowest BCUT2D eigenvalue weighted by molar-refractivity contribution is 0.408. The number of rotatable bonds is 2. The number of aromatic nitrogens is 1. The summed E-state index contributed by atoms with van der Waals surface area (Å²) in [6.45, 7) is 0. The molecule has 0 spiro atoms. The topological polar surface area (TPSA) is 22.1 Å². The van der Waals surface area contributed by atoms with Crippen LogP contribution in [0.25, 0.3) is 0 Å². The van der Waals surface area contributed by atoms with E-state index in [1.54, 1.807) is 25.4 Å². The maximum atomic E-state index is 5.61. The fourth-order valence-corrected chi connectivity index (χ4v) is 1.07. The molecule has 0 unspecified atom stereocenters. The number of pyridine rings is 1. The first-order valence-corrected chi connectivity index (χ1v) is 3.90. The van der Waals surface area contributed by atoms with Gasteiger partial charge in [0, 0.05) is 6.20 Å². The molecule has 0 radical (unpaired) electrons. The average molecular weight is 192 g/mol. The van der Waals surface area contributed by atoms with Gasteiger partial charge in [-0.15, -0.1) is 0 Å². The first-order valence-electron chi connectivity index (χ1n) is 3.02. The Labute approximate surface area is 75.1 Å². The monoisotopic (exact) mass is 191 g/mol. The number of ether oxygens (including phenoxy) is 1. The summed E-state index contributed by atoms with van der Waals surface area (Å²) in [6.07, 6.45) is 1.62. The third-order valence-electron chi connectivity index (χ3n) is 1.23. The van der Waals surface area contributed by atoms with Crippen molar-refractivity contribution in [1.29, 1.82) is 0 Å². The standard InChI is InChI=1S/C7H7Cl2NO/c1-11-5-3-2-4-10-6(5)7(8)9/h2-4,7H,1H3. The Morgan fingerprint density at radius 3 is 2.73 bits per heavy atom. The Balaban J connectivity index is 3.02. The Hall–Kier alpha value is -0.470. The molecule has 4 heteroatoms. The second kappa shape index (κ2) is 3.79. The first kappa shape index (κ1) is 8.62. The SMILES string of the molecule is COc1cccnc1C(Cl)Cl. The van der Waals surface area contributed by atoms with Gasteiger partial charge in [-0.1, -0.05) is 23.2 Å². The third kappa shape index (κ3) is 1.98. The predicted molar refractivity (Wildman–Crippen MR) is 45.2 cm³/mol. The summed E-state index contributed by atoms with van der Waals surface area (Å²) in [7, 11) is 1.55. The van der Waals surface area contributed by atoms with E-state index in [0.29, 0.717) is 11.4 Å². The van der Waals surface area contributed by atoms with Crippen LogP contribution in [-0.2, 0) is 0 Å². The van der Waals surface area contributed by atoms with Gasteiger partial charge in [-0.25, -0.2) is 0 Å². The van der Waals surface area contributed by atoms with Crippen LogP contribution in [0.5, 0.6) is 5.75 Å². The maximum absolute atomic E-state index is 5.61. The van der Waals surface area contributed by atoms with Gasteiger partial charge in [-0.05, 0) is 12.1 Å². The zero-order valence-electron chi connectivity index (χ0n) is 5.92. The molecule has 1 aromatic heterocycles. The summed E-state index contributed by atoms with van der Waals surface area (Å²) in [5, 5.41) is 0. The Morgan fingerprint density at radius 1 is 1.55 bits per heavy atom. The highest BCUT2D eigenvalue weighted by Gasteiger charge is 2.10. The number of hydrogen-bond donors (Lipinski definition) is 0. The minimum atomic E-state index is -0.633. The molecular formula is C7H7Cl2NO. The minimum absolute atomic E-state index is 0.554. The van der Waals surface area contributed by atoms with E-state index in [0.717, 1.165) is 0 Å². The number of halogens is 2. The fourth-order valence-electron chi connectivity index (χ4n) is 0.739. The van der Waals surface area contributed by atoms with Crippen molar-refractivity contribution < 1.29 is 4.74 Å². The van der Waals surface area contributed by atoms with Crippen molar-refractivity contribution in [1.82, 2.24) is 4.98 Å². The molecule has 0 aliphatic heterocycles. The molecule has 0 fully saturated rings. The lowest BCUT2D eigenvalue weighted by Crippen LogP contribution is -1.93. The van der Waals surface area contributed by atoms with E-state index >= 15 is 0 Å². The first-order chi connectivity index (χ1) is 5.25. The molecule has 0 aliphatic carbocycles. The molecule has 0 bridgehead atoms. The van der Waals surface area contributed by atoms with E-state index < -0.39 is 4.84 Å². The molecule has 0 amide bonds. The van der Waals surface area contributed by atoms with Crippen LogP contribution in [0.3, 0.4) is 0 Å². The van der Waals surface area contributed by atoms with Crippen molar-refractivity contribution in [3.8, 4) is 5.75 Å². The van der Waals surface area contributed by atoms with E-state index in [2.05, 4.69) is 4.98 Å². The van der Waals surface area contributed by atoms with E-state index in [1.165, 1.54) is 0 Å². The Kier molecular flexibility index (Phi) is 2.97. The zero-order chi connectivity index (χ0) is 8.27. The van der Waals surface area contributed by atoms with Gasteiger partial charge in [0.1, 0.15) is 11.4 Å². The largest absolute Gasteiger partial charge is 0.495 e. The van der Waals surface area contributed by atoms with Crippen molar-refractivity contribution in [3.63, 3.8) is 0 Å². The van der Waals surface area contributed by atoms with Gasteiger partial charge in [0.25, 0.3) is 0 Å². The van der Waals surface area contributed by atoms with Crippen molar-refractivity contribution in [2.24, 2.45) is 0 Å². The van der Waals surface area contributed by atoms with Gasteiger partial charge in [0.05, 0.1) is 7.11 Å². The molecule has 0 N–H and O–H groups in total. The lowest BCUT2D eigenvalue weighted by Gasteiger charge is -2.05. The normalized spacial score (nSPS) is 10.2. The summed E-state index contributed by atoms with van der Waals surface area (Å²) in [6, 6.07) is 3.53. The molecular weight excluding hydrogens is 185 g/mol. The molecule has 0 saturated carbocycles. The highest BCUT2D eigenvalue weighted by molar-refractivity contribution is 6.44. The number of nitrogens with zero attached hydrogens (tertiary/aromatic N) is 1. The van der Waals surface area contributed by atoms with Crippen LogP contribution in [-0.4, -0.2) is 12.1 Å². The summed E-state index contributed by atoms with van der Waals surface area (Å²) < 4.78 is 4.98. The maximum Gasteiger partial charge on any atom is 0.153 e. The second-order valence-corrected chi connectivity index (χ2v) is 2.99. The summed E-state index contributed by atoms with van der Waals surface area (Å²) >= 11 is 11.2. The van der Waals surface area contributed by atoms with Crippen LogP contribution in [0.4, 0.5) is 0 Å². The summed E-state index contributed by atoms with van der Waals surface area (Å²) in [4.78, 5) is 3.33. The second-order valence-electron chi connectivity index (χ2n) is 1.89. The number of alkyl halides is 2. The molecule has 0 aromatic carbocycles. The van der Waals surface area contributed by atoms with Crippen molar-refractivity contribution >= 4 is 23.2 Å². The molecule has 0 saturated heterocycles. The fraction of sp³-hybridized carbons (Fsp3) is 0.286. The van der Waals surface area contributed by atoms with E-state index in [9.17, 15) is 0 Å². The Morgan fingerprint density at radius 2 is 2.27 bits per heavy atom. The molecule has 1 rings (SSSR count). The van der Waals surface area contributed by atoms with Crippen LogP contribution in [0.15, 0.2) is 18.3 Å². The van der Waals surface area contributed by atoms with Gasteiger partial charge < -0.3 is 4.74 Å². The predicted octanol–water partition coefficient (Wildman–Crippen LogP) is 2.57. The molecule has 11 heavy (non-hydrogen) atoms. The quantitative estimate of drug-likeness (QED) is 0.671. The smallest absolute Gasteiger partial charge is 0.153 e. The minimum Gasteiger partial charge on any atom is -0.495 e. The molecule has 2 nitrogen and oxygen atoms in total. The van der Waals surface area contributed by atoms with Crippen LogP contribution in [0.2, 0.25) is 0 Å². The summed E-state index contributed by atoms with van der Waals surface area (Å²) in [5.41, 5.74) is 0.554. The van der Waals surface area contributed by atoms with Gasteiger partial charge in [0.2, 0.25) is 0 Å².